The number of amides is 2. The lowest BCUT2D eigenvalue weighted by atomic mass is 10.2. The highest BCUT2D eigenvalue weighted by Gasteiger charge is 2.13. The first-order valence-corrected chi connectivity index (χ1v) is 8.67. The smallest absolute Gasteiger partial charge is 0.319 e. The van der Waals surface area contributed by atoms with Crippen molar-refractivity contribution in [2.24, 2.45) is 0 Å². The molecule has 2 aromatic rings. The van der Waals surface area contributed by atoms with Crippen LogP contribution in [0.1, 0.15) is 12.5 Å². The fourth-order valence-corrected chi connectivity index (χ4v) is 2.60. The number of carbonyl (C=O) groups excluding carboxylic acids is 1. The number of methoxy groups -OCH3 is 3. The van der Waals surface area contributed by atoms with Crippen LogP contribution in [0.4, 0.5) is 16.2 Å². The molecule has 2 amide bonds. The van der Waals surface area contributed by atoms with Crippen LogP contribution in [0, 0.1) is 0 Å². The lowest BCUT2D eigenvalue weighted by Crippen LogP contribution is -2.28. The second-order valence-electron chi connectivity index (χ2n) is 5.91. The predicted octanol–water partition coefficient (Wildman–Crippen LogP) is 3.49. The van der Waals surface area contributed by atoms with Crippen LogP contribution in [0.2, 0.25) is 0 Å². The summed E-state index contributed by atoms with van der Waals surface area (Å²) in [5.41, 5.74) is 2.61. The summed E-state index contributed by atoms with van der Waals surface area (Å²) in [6.45, 7) is 3.28. The fraction of sp³-hybridized carbons (Fsp3) is 0.350. The van der Waals surface area contributed by atoms with E-state index in [4.69, 9.17) is 14.2 Å². The third kappa shape index (κ3) is 5.20. The average molecular weight is 373 g/mol. The van der Waals surface area contributed by atoms with Crippen molar-refractivity contribution in [3.05, 3.63) is 42.0 Å². The molecular formula is C20H27N3O4. The van der Waals surface area contributed by atoms with Crippen molar-refractivity contribution in [2.45, 2.75) is 13.5 Å². The van der Waals surface area contributed by atoms with E-state index in [1.165, 1.54) is 0 Å². The zero-order chi connectivity index (χ0) is 19.8. The largest absolute Gasteiger partial charge is 0.493 e. The fourth-order valence-electron chi connectivity index (χ4n) is 2.60. The monoisotopic (exact) mass is 373 g/mol. The third-order valence-electron chi connectivity index (χ3n) is 4.20. The Bertz CT molecular complexity index is 755. The van der Waals surface area contributed by atoms with Gasteiger partial charge in [0.1, 0.15) is 0 Å². The average Bonchev–Trinajstić information content (AvgIpc) is 2.70. The summed E-state index contributed by atoms with van der Waals surface area (Å²) < 4.78 is 16.0. The molecule has 0 spiro atoms. The number of rotatable bonds is 8. The van der Waals surface area contributed by atoms with Crippen LogP contribution in [0.15, 0.2) is 36.4 Å². The summed E-state index contributed by atoms with van der Waals surface area (Å²) in [4.78, 5) is 14.3. The molecule has 0 saturated carbocycles. The molecule has 27 heavy (non-hydrogen) atoms. The minimum absolute atomic E-state index is 0.292. The minimum atomic E-state index is -0.292. The third-order valence-corrected chi connectivity index (χ3v) is 4.20. The van der Waals surface area contributed by atoms with Gasteiger partial charge in [0.15, 0.2) is 11.5 Å². The Morgan fingerprint density at radius 1 is 1.04 bits per heavy atom. The molecule has 2 aromatic carbocycles. The predicted molar refractivity (Wildman–Crippen MR) is 107 cm³/mol. The molecule has 2 N–H and O–H groups in total. The van der Waals surface area contributed by atoms with Crippen molar-refractivity contribution in [3.8, 4) is 17.2 Å². The van der Waals surface area contributed by atoms with E-state index in [0.29, 0.717) is 23.8 Å². The van der Waals surface area contributed by atoms with Crippen LogP contribution in [0.5, 0.6) is 17.2 Å². The molecule has 0 fully saturated rings. The highest BCUT2D eigenvalue weighted by atomic mass is 16.5. The van der Waals surface area contributed by atoms with Crippen molar-refractivity contribution in [1.82, 2.24) is 5.32 Å². The molecule has 7 heteroatoms. The molecule has 0 atom stereocenters. The van der Waals surface area contributed by atoms with Gasteiger partial charge >= 0.3 is 6.03 Å². The quantitative estimate of drug-likeness (QED) is 0.741. The number of benzene rings is 2. The summed E-state index contributed by atoms with van der Waals surface area (Å²) in [5.74, 6) is 1.61. The molecular weight excluding hydrogens is 346 g/mol. The number of anilines is 2. The number of nitrogens with one attached hydrogen (secondary N) is 2. The van der Waals surface area contributed by atoms with Gasteiger partial charge in [-0.2, -0.15) is 0 Å². The summed E-state index contributed by atoms with van der Waals surface area (Å²) in [5, 5.41) is 5.68. The Morgan fingerprint density at radius 3 is 2.26 bits per heavy atom. The first-order valence-electron chi connectivity index (χ1n) is 8.67. The van der Waals surface area contributed by atoms with Gasteiger partial charge in [-0.15, -0.1) is 0 Å². The summed E-state index contributed by atoms with van der Waals surface area (Å²) >= 11 is 0. The number of urea groups is 1. The van der Waals surface area contributed by atoms with Crippen LogP contribution in [-0.4, -0.2) is 41.0 Å². The molecule has 0 radical (unpaired) electrons. The highest BCUT2D eigenvalue weighted by molar-refractivity contribution is 5.89. The van der Waals surface area contributed by atoms with Gasteiger partial charge in [0.2, 0.25) is 5.75 Å². The Kier molecular flexibility index (Phi) is 7.16. The first kappa shape index (κ1) is 20.2. The number of hydrogen-bond acceptors (Lipinski definition) is 5. The van der Waals surface area contributed by atoms with E-state index in [-0.39, 0.29) is 6.03 Å². The number of hydrogen-bond donors (Lipinski definition) is 2. The van der Waals surface area contributed by atoms with Gasteiger partial charge < -0.3 is 29.7 Å². The molecule has 0 heterocycles. The Balaban J connectivity index is 2.03. The molecule has 0 aliphatic rings. The zero-order valence-corrected chi connectivity index (χ0v) is 16.5. The van der Waals surface area contributed by atoms with E-state index in [2.05, 4.69) is 22.5 Å². The van der Waals surface area contributed by atoms with Crippen molar-refractivity contribution in [1.29, 1.82) is 0 Å². The van der Waals surface area contributed by atoms with Gasteiger partial charge in [-0.05, 0) is 42.8 Å². The maximum atomic E-state index is 12.2. The van der Waals surface area contributed by atoms with E-state index < -0.39 is 0 Å². The lowest BCUT2D eigenvalue weighted by Gasteiger charge is -2.18. The number of ether oxygens (including phenoxy) is 3. The first-order chi connectivity index (χ1) is 13.0. The van der Waals surface area contributed by atoms with Crippen molar-refractivity contribution in [3.63, 3.8) is 0 Å². The van der Waals surface area contributed by atoms with Crippen LogP contribution in [-0.2, 0) is 6.54 Å². The maximum Gasteiger partial charge on any atom is 0.319 e. The summed E-state index contributed by atoms with van der Waals surface area (Å²) in [6, 6.07) is 11.0. The molecule has 0 unspecified atom stereocenters. The second-order valence-corrected chi connectivity index (χ2v) is 5.91. The molecule has 146 valence electrons. The standard InChI is InChI=1S/C20H27N3O4/c1-6-23(2)16-9-7-8-15(12-16)22-20(24)21-13-14-10-17(25-3)19(27-5)18(11-14)26-4/h7-12H,6,13H2,1-5H3,(H2,21,22,24). The molecule has 0 aliphatic carbocycles. The Morgan fingerprint density at radius 2 is 1.70 bits per heavy atom. The van der Waals surface area contributed by atoms with Crippen LogP contribution < -0.4 is 29.7 Å². The molecule has 0 saturated heterocycles. The molecule has 0 bridgehead atoms. The topological polar surface area (TPSA) is 72.1 Å². The number of carbonyl (C=O) groups is 1. The van der Waals surface area contributed by atoms with Gasteiger partial charge in [0.05, 0.1) is 21.3 Å². The number of nitrogens with zero attached hydrogens (tertiary/aromatic N) is 1. The zero-order valence-electron chi connectivity index (χ0n) is 16.5. The van der Waals surface area contributed by atoms with Crippen molar-refractivity contribution in [2.75, 3.05) is 45.1 Å². The van der Waals surface area contributed by atoms with E-state index in [1.807, 2.05) is 31.3 Å². The lowest BCUT2D eigenvalue weighted by molar-refractivity contribution is 0.251. The van der Waals surface area contributed by atoms with Gasteiger partial charge in [0.25, 0.3) is 0 Å². The van der Waals surface area contributed by atoms with Crippen LogP contribution in [0.25, 0.3) is 0 Å². The van der Waals surface area contributed by atoms with Gasteiger partial charge in [-0.1, -0.05) is 6.07 Å². The van der Waals surface area contributed by atoms with E-state index in [1.54, 1.807) is 33.5 Å². The highest BCUT2D eigenvalue weighted by Crippen LogP contribution is 2.38. The summed E-state index contributed by atoms with van der Waals surface area (Å²) in [7, 11) is 6.67. The van der Waals surface area contributed by atoms with E-state index in [0.717, 1.165) is 23.5 Å². The van der Waals surface area contributed by atoms with Gasteiger partial charge in [0, 0.05) is 31.5 Å². The molecule has 0 aliphatic heterocycles. The second kappa shape index (κ2) is 9.56. The van der Waals surface area contributed by atoms with Gasteiger partial charge in [-0.25, -0.2) is 4.79 Å². The molecule has 7 nitrogen and oxygen atoms in total. The molecule has 2 rings (SSSR count). The van der Waals surface area contributed by atoms with Gasteiger partial charge in [-0.3, -0.25) is 0 Å². The Hall–Kier alpha value is -3.09. The van der Waals surface area contributed by atoms with Crippen molar-refractivity contribution >= 4 is 17.4 Å². The summed E-state index contributed by atoms with van der Waals surface area (Å²) in [6.07, 6.45) is 0. The molecule has 0 aromatic heterocycles. The minimum Gasteiger partial charge on any atom is -0.493 e. The van der Waals surface area contributed by atoms with E-state index >= 15 is 0 Å². The Labute approximate surface area is 160 Å². The maximum absolute atomic E-state index is 12.2. The normalized spacial score (nSPS) is 10.1. The van der Waals surface area contributed by atoms with Crippen LogP contribution in [0.3, 0.4) is 0 Å². The van der Waals surface area contributed by atoms with E-state index in [9.17, 15) is 4.79 Å². The van der Waals surface area contributed by atoms with Crippen molar-refractivity contribution < 1.29 is 19.0 Å². The van der Waals surface area contributed by atoms with Crippen LogP contribution >= 0.6 is 0 Å². The SMILES string of the molecule is CCN(C)c1cccc(NC(=O)NCc2cc(OC)c(OC)c(OC)c2)c1.